The molecule has 2 rings (SSSR count). The van der Waals surface area contributed by atoms with E-state index in [-0.39, 0.29) is 0 Å². The largest absolute Gasteiger partial charge is 0.236 e. The molecular formula is C10H10N2. The molecule has 2 heterocycles. The molecule has 2 aromatic heterocycles. The van der Waals surface area contributed by atoms with E-state index in [1.165, 1.54) is 11.1 Å². The van der Waals surface area contributed by atoms with Crippen molar-refractivity contribution in [2.24, 2.45) is 0 Å². The van der Waals surface area contributed by atoms with Crippen LogP contribution < -0.4 is 0 Å². The normalized spacial score (nSPS) is 10.5. The molecule has 12 heavy (non-hydrogen) atoms. The topological polar surface area (TPSA) is 25.8 Å². The highest BCUT2D eigenvalue weighted by Crippen LogP contribution is 2.11. The van der Waals surface area contributed by atoms with Crippen molar-refractivity contribution in [1.82, 2.24) is 9.97 Å². The van der Waals surface area contributed by atoms with Crippen LogP contribution in [0.1, 0.15) is 11.1 Å². The van der Waals surface area contributed by atoms with E-state index < -0.39 is 0 Å². The van der Waals surface area contributed by atoms with E-state index >= 15 is 0 Å². The van der Waals surface area contributed by atoms with Gasteiger partial charge in [0.15, 0.2) is 5.65 Å². The van der Waals surface area contributed by atoms with E-state index in [0.717, 1.165) is 11.0 Å². The molecule has 0 saturated carbocycles. The van der Waals surface area contributed by atoms with Gasteiger partial charge in [0, 0.05) is 17.8 Å². The fourth-order valence-corrected chi connectivity index (χ4v) is 1.24. The van der Waals surface area contributed by atoms with E-state index in [4.69, 9.17) is 0 Å². The Bertz CT molecular complexity index is 384. The van der Waals surface area contributed by atoms with Crippen LogP contribution in [0.25, 0.3) is 11.0 Å². The highest BCUT2D eigenvalue weighted by Gasteiger charge is 1.95. The Labute approximate surface area is 71.3 Å². The molecule has 60 valence electrons. The van der Waals surface area contributed by atoms with Gasteiger partial charge in [-0.1, -0.05) is 0 Å². The van der Waals surface area contributed by atoms with E-state index in [1.54, 1.807) is 0 Å². The van der Waals surface area contributed by atoms with Gasteiger partial charge < -0.3 is 0 Å². The SMILES string of the molecule is Cc1cnc2ncc(C)cc2c1. The Kier molecular flexibility index (Phi) is 1.54. The van der Waals surface area contributed by atoms with Crippen molar-refractivity contribution in [1.29, 1.82) is 0 Å². The van der Waals surface area contributed by atoms with Crippen LogP contribution in [0.4, 0.5) is 0 Å². The maximum atomic E-state index is 4.21. The molecule has 0 aliphatic heterocycles. The molecule has 0 aliphatic rings. The molecule has 0 amide bonds. The van der Waals surface area contributed by atoms with Crippen molar-refractivity contribution >= 4 is 11.0 Å². The summed E-state index contributed by atoms with van der Waals surface area (Å²) in [6.45, 7) is 4.07. The predicted octanol–water partition coefficient (Wildman–Crippen LogP) is 2.25. The average molecular weight is 158 g/mol. The van der Waals surface area contributed by atoms with Gasteiger partial charge in [-0.3, -0.25) is 0 Å². The molecule has 0 aliphatic carbocycles. The fraction of sp³-hybridized carbons (Fsp3) is 0.200. The summed E-state index contributed by atoms with van der Waals surface area (Å²) < 4.78 is 0. The van der Waals surface area contributed by atoms with E-state index in [2.05, 4.69) is 22.1 Å². The summed E-state index contributed by atoms with van der Waals surface area (Å²) in [5, 5.41) is 1.12. The molecular weight excluding hydrogens is 148 g/mol. The monoisotopic (exact) mass is 158 g/mol. The Morgan fingerprint density at radius 1 is 0.917 bits per heavy atom. The van der Waals surface area contributed by atoms with Crippen LogP contribution in [-0.4, -0.2) is 9.97 Å². The minimum Gasteiger partial charge on any atom is -0.236 e. The number of rotatable bonds is 0. The first kappa shape index (κ1) is 7.22. The summed E-state index contributed by atoms with van der Waals surface area (Å²) >= 11 is 0. The lowest BCUT2D eigenvalue weighted by Gasteiger charge is -1.98. The van der Waals surface area contributed by atoms with Gasteiger partial charge in [0.05, 0.1) is 0 Å². The molecule has 0 radical (unpaired) electrons. The van der Waals surface area contributed by atoms with Crippen molar-refractivity contribution in [3.8, 4) is 0 Å². The van der Waals surface area contributed by atoms with Crippen LogP contribution in [0.2, 0.25) is 0 Å². The Morgan fingerprint density at radius 2 is 1.42 bits per heavy atom. The van der Waals surface area contributed by atoms with Gasteiger partial charge in [-0.2, -0.15) is 0 Å². The third kappa shape index (κ3) is 1.16. The number of hydrogen-bond donors (Lipinski definition) is 0. The smallest absolute Gasteiger partial charge is 0.159 e. The van der Waals surface area contributed by atoms with Crippen molar-refractivity contribution < 1.29 is 0 Å². The van der Waals surface area contributed by atoms with Crippen LogP contribution >= 0.6 is 0 Å². The molecule has 0 unspecified atom stereocenters. The van der Waals surface area contributed by atoms with Crippen LogP contribution in [0, 0.1) is 13.8 Å². The molecule has 0 aromatic carbocycles. The maximum absolute atomic E-state index is 4.21. The van der Waals surface area contributed by atoms with Crippen molar-refractivity contribution in [3.05, 3.63) is 35.7 Å². The van der Waals surface area contributed by atoms with Crippen LogP contribution in [-0.2, 0) is 0 Å². The Hall–Kier alpha value is -1.44. The second-order valence-corrected chi connectivity index (χ2v) is 3.07. The minimum atomic E-state index is 0.825. The molecule has 0 spiro atoms. The van der Waals surface area contributed by atoms with Gasteiger partial charge in [-0.25, -0.2) is 9.97 Å². The highest BCUT2D eigenvalue weighted by molar-refractivity contribution is 5.75. The lowest BCUT2D eigenvalue weighted by atomic mass is 10.2. The van der Waals surface area contributed by atoms with Gasteiger partial charge in [0.1, 0.15) is 0 Å². The van der Waals surface area contributed by atoms with Crippen molar-refractivity contribution in [3.63, 3.8) is 0 Å². The summed E-state index contributed by atoms with van der Waals surface area (Å²) in [6.07, 6.45) is 3.68. The summed E-state index contributed by atoms with van der Waals surface area (Å²) in [5.41, 5.74) is 3.18. The first-order valence-corrected chi connectivity index (χ1v) is 3.95. The molecule has 2 nitrogen and oxygen atoms in total. The van der Waals surface area contributed by atoms with Gasteiger partial charge >= 0.3 is 0 Å². The van der Waals surface area contributed by atoms with Crippen LogP contribution in [0.15, 0.2) is 24.5 Å². The first-order chi connectivity index (χ1) is 5.75. The fourth-order valence-electron chi connectivity index (χ4n) is 1.24. The molecule has 0 fully saturated rings. The minimum absolute atomic E-state index is 0.825. The van der Waals surface area contributed by atoms with E-state index in [0.29, 0.717) is 0 Å². The molecule has 2 heteroatoms. The summed E-state index contributed by atoms with van der Waals surface area (Å²) in [7, 11) is 0. The summed E-state index contributed by atoms with van der Waals surface area (Å²) in [6, 6.07) is 4.20. The number of nitrogens with zero attached hydrogens (tertiary/aromatic N) is 2. The molecule has 0 bridgehead atoms. The Morgan fingerprint density at radius 3 is 1.92 bits per heavy atom. The summed E-state index contributed by atoms with van der Waals surface area (Å²) in [5.74, 6) is 0. The Balaban J connectivity index is 2.80. The third-order valence-corrected chi connectivity index (χ3v) is 1.81. The standard InChI is InChI=1S/C10H10N2/c1-7-3-9-4-8(2)6-12-10(9)11-5-7/h3-6H,1-2H3. The summed E-state index contributed by atoms with van der Waals surface area (Å²) in [4.78, 5) is 8.42. The van der Waals surface area contributed by atoms with Crippen molar-refractivity contribution in [2.45, 2.75) is 13.8 Å². The van der Waals surface area contributed by atoms with E-state index in [1.807, 2.05) is 26.2 Å². The zero-order chi connectivity index (χ0) is 8.55. The number of hydrogen-bond acceptors (Lipinski definition) is 2. The third-order valence-electron chi connectivity index (χ3n) is 1.81. The van der Waals surface area contributed by atoms with Gasteiger partial charge in [-0.05, 0) is 37.1 Å². The second-order valence-electron chi connectivity index (χ2n) is 3.07. The van der Waals surface area contributed by atoms with Crippen molar-refractivity contribution in [2.75, 3.05) is 0 Å². The number of fused-ring (bicyclic) bond motifs is 1. The lowest BCUT2D eigenvalue weighted by molar-refractivity contribution is 1.23. The molecule has 2 aromatic rings. The predicted molar refractivity (Wildman–Crippen MR) is 49.0 cm³/mol. The quantitative estimate of drug-likeness (QED) is 0.587. The average Bonchev–Trinajstić information content (AvgIpc) is 2.03. The zero-order valence-corrected chi connectivity index (χ0v) is 7.20. The number of aryl methyl sites for hydroxylation is 2. The lowest BCUT2D eigenvalue weighted by Crippen LogP contribution is -1.85. The molecule has 0 N–H and O–H groups in total. The van der Waals surface area contributed by atoms with Crippen LogP contribution in [0.3, 0.4) is 0 Å². The van der Waals surface area contributed by atoms with Crippen LogP contribution in [0.5, 0.6) is 0 Å². The molecule has 0 saturated heterocycles. The van der Waals surface area contributed by atoms with Gasteiger partial charge in [-0.15, -0.1) is 0 Å². The highest BCUT2D eigenvalue weighted by atomic mass is 14.8. The van der Waals surface area contributed by atoms with E-state index in [9.17, 15) is 0 Å². The first-order valence-electron chi connectivity index (χ1n) is 3.95. The van der Waals surface area contributed by atoms with Gasteiger partial charge in [0.25, 0.3) is 0 Å². The maximum Gasteiger partial charge on any atom is 0.159 e. The molecule has 0 atom stereocenters. The number of aromatic nitrogens is 2. The second kappa shape index (κ2) is 2.55. The zero-order valence-electron chi connectivity index (χ0n) is 7.20. The number of pyridine rings is 2. The van der Waals surface area contributed by atoms with Gasteiger partial charge in [0.2, 0.25) is 0 Å².